The monoisotopic (exact) mass is 344 g/mol. The molecule has 0 aromatic heterocycles. The van der Waals surface area contributed by atoms with E-state index < -0.39 is 0 Å². The fraction of sp³-hybridized carbons (Fsp3) is 0.316. The highest BCUT2D eigenvalue weighted by molar-refractivity contribution is 6.33. The maximum Gasteiger partial charge on any atom is 0.255 e. The number of benzene rings is 2. The summed E-state index contributed by atoms with van der Waals surface area (Å²) < 4.78 is 5.36. The molecule has 1 N–H and O–H groups in total. The van der Waals surface area contributed by atoms with Crippen LogP contribution in [0.3, 0.4) is 0 Å². The summed E-state index contributed by atoms with van der Waals surface area (Å²) in [5.74, 6) is -0.123. The number of hydrogen-bond acceptors (Lipinski definition) is 3. The first kappa shape index (κ1) is 16.8. The largest absolute Gasteiger partial charge is 0.378 e. The summed E-state index contributed by atoms with van der Waals surface area (Å²) in [6.07, 6.45) is 0. The standard InChI is InChI=1S/C19H21ClN2O2/c1-13-3-5-16(14(2)11-13)19(23)21-15-4-6-18(17(20)12-15)22-7-9-24-10-8-22/h3-6,11-12H,7-10H2,1-2H3,(H,21,23). The summed E-state index contributed by atoms with van der Waals surface area (Å²) in [6.45, 7) is 7.03. The lowest BCUT2D eigenvalue weighted by Crippen LogP contribution is -2.36. The minimum Gasteiger partial charge on any atom is -0.378 e. The summed E-state index contributed by atoms with van der Waals surface area (Å²) in [6, 6.07) is 11.4. The molecule has 0 radical (unpaired) electrons. The van der Waals surface area contributed by atoms with E-state index in [1.165, 1.54) is 0 Å². The van der Waals surface area contributed by atoms with Gasteiger partial charge in [-0.25, -0.2) is 0 Å². The number of halogens is 1. The van der Waals surface area contributed by atoms with Crippen molar-refractivity contribution >= 4 is 28.9 Å². The van der Waals surface area contributed by atoms with E-state index in [1.54, 1.807) is 6.07 Å². The van der Waals surface area contributed by atoms with Crippen LogP contribution in [-0.4, -0.2) is 32.2 Å². The number of nitrogens with one attached hydrogen (secondary N) is 1. The molecule has 126 valence electrons. The Balaban J connectivity index is 1.75. The molecule has 0 aliphatic carbocycles. The third-order valence-electron chi connectivity index (χ3n) is 4.18. The molecular weight excluding hydrogens is 324 g/mol. The van der Waals surface area contributed by atoms with Crippen molar-refractivity contribution in [3.8, 4) is 0 Å². The topological polar surface area (TPSA) is 41.6 Å². The molecule has 4 nitrogen and oxygen atoms in total. The van der Waals surface area contributed by atoms with Gasteiger partial charge in [-0.2, -0.15) is 0 Å². The van der Waals surface area contributed by atoms with Crippen molar-refractivity contribution in [3.05, 3.63) is 58.1 Å². The van der Waals surface area contributed by atoms with E-state index in [0.717, 1.165) is 29.9 Å². The Hall–Kier alpha value is -2.04. The molecule has 0 saturated carbocycles. The van der Waals surface area contributed by atoms with Crippen LogP contribution in [0.2, 0.25) is 5.02 Å². The Kier molecular flexibility index (Phi) is 5.07. The van der Waals surface area contributed by atoms with Gasteiger partial charge in [0.05, 0.1) is 23.9 Å². The first-order chi connectivity index (χ1) is 11.5. The number of morpholine rings is 1. The molecule has 0 atom stereocenters. The number of rotatable bonds is 3. The first-order valence-corrected chi connectivity index (χ1v) is 8.43. The molecule has 1 aliphatic heterocycles. The summed E-state index contributed by atoms with van der Waals surface area (Å²) in [5, 5.41) is 3.56. The highest BCUT2D eigenvalue weighted by atomic mass is 35.5. The minimum absolute atomic E-state index is 0.123. The van der Waals surface area contributed by atoms with Crippen molar-refractivity contribution in [2.75, 3.05) is 36.5 Å². The van der Waals surface area contributed by atoms with Gasteiger partial charge < -0.3 is 15.0 Å². The van der Waals surface area contributed by atoms with Crippen LogP contribution >= 0.6 is 11.6 Å². The summed E-state index contributed by atoms with van der Waals surface area (Å²) >= 11 is 6.41. The molecule has 1 heterocycles. The first-order valence-electron chi connectivity index (χ1n) is 8.05. The number of carbonyl (C=O) groups excluding carboxylic acids is 1. The second kappa shape index (κ2) is 7.24. The second-order valence-corrected chi connectivity index (χ2v) is 6.45. The molecule has 1 aliphatic rings. The maximum atomic E-state index is 12.5. The third kappa shape index (κ3) is 3.71. The van der Waals surface area contributed by atoms with Crippen molar-refractivity contribution in [1.82, 2.24) is 0 Å². The molecule has 2 aromatic carbocycles. The molecule has 5 heteroatoms. The van der Waals surface area contributed by atoms with Crippen LogP contribution in [-0.2, 0) is 4.74 Å². The molecule has 1 amide bonds. The molecule has 0 unspecified atom stereocenters. The number of carbonyl (C=O) groups is 1. The highest BCUT2D eigenvalue weighted by Gasteiger charge is 2.15. The number of ether oxygens (including phenoxy) is 1. The molecular formula is C19H21ClN2O2. The van der Waals surface area contributed by atoms with Crippen molar-refractivity contribution in [2.24, 2.45) is 0 Å². The van der Waals surface area contributed by atoms with Gasteiger partial charge in [-0.1, -0.05) is 29.3 Å². The zero-order valence-corrected chi connectivity index (χ0v) is 14.7. The fourth-order valence-electron chi connectivity index (χ4n) is 2.91. The minimum atomic E-state index is -0.123. The van der Waals surface area contributed by atoms with Crippen molar-refractivity contribution in [1.29, 1.82) is 0 Å². The van der Waals surface area contributed by atoms with Gasteiger partial charge >= 0.3 is 0 Å². The van der Waals surface area contributed by atoms with E-state index in [9.17, 15) is 4.79 Å². The second-order valence-electron chi connectivity index (χ2n) is 6.04. The van der Waals surface area contributed by atoms with Gasteiger partial charge in [0, 0.05) is 24.3 Å². The van der Waals surface area contributed by atoms with Crippen LogP contribution in [0, 0.1) is 13.8 Å². The number of nitrogens with zero attached hydrogens (tertiary/aromatic N) is 1. The Morgan fingerprint density at radius 1 is 1.12 bits per heavy atom. The van der Waals surface area contributed by atoms with Crippen molar-refractivity contribution in [2.45, 2.75) is 13.8 Å². The molecule has 1 fully saturated rings. The van der Waals surface area contributed by atoms with Crippen LogP contribution in [0.4, 0.5) is 11.4 Å². The van der Waals surface area contributed by atoms with Crippen LogP contribution in [0.1, 0.15) is 21.5 Å². The quantitative estimate of drug-likeness (QED) is 0.913. The summed E-state index contributed by atoms with van der Waals surface area (Å²) in [4.78, 5) is 14.7. The van der Waals surface area contributed by atoms with Crippen molar-refractivity contribution < 1.29 is 9.53 Å². The van der Waals surface area contributed by atoms with Crippen LogP contribution in [0.5, 0.6) is 0 Å². The smallest absolute Gasteiger partial charge is 0.255 e. The number of amides is 1. The normalized spacial score (nSPS) is 14.5. The van der Waals surface area contributed by atoms with Gasteiger partial charge in [-0.05, 0) is 43.7 Å². The molecule has 3 rings (SSSR count). The van der Waals surface area contributed by atoms with Crippen LogP contribution in [0.15, 0.2) is 36.4 Å². The van der Waals surface area contributed by atoms with Crippen LogP contribution in [0.25, 0.3) is 0 Å². The van der Waals surface area contributed by atoms with E-state index in [1.807, 2.05) is 44.2 Å². The Morgan fingerprint density at radius 2 is 1.88 bits per heavy atom. The fourth-order valence-corrected chi connectivity index (χ4v) is 3.21. The highest BCUT2D eigenvalue weighted by Crippen LogP contribution is 2.29. The number of hydrogen-bond donors (Lipinski definition) is 1. The summed E-state index contributed by atoms with van der Waals surface area (Å²) in [5.41, 5.74) is 4.45. The zero-order chi connectivity index (χ0) is 17.1. The predicted molar refractivity (Wildman–Crippen MR) is 98.4 cm³/mol. The Labute approximate surface area is 147 Å². The SMILES string of the molecule is Cc1ccc(C(=O)Nc2ccc(N3CCOCC3)c(Cl)c2)c(C)c1. The van der Waals surface area contributed by atoms with Gasteiger partial charge in [0.2, 0.25) is 0 Å². The van der Waals surface area contributed by atoms with E-state index >= 15 is 0 Å². The average Bonchev–Trinajstić information content (AvgIpc) is 2.55. The van der Waals surface area contributed by atoms with Crippen molar-refractivity contribution in [3.63, 3.8) is 0 Å². The van der Waals surface area contributed by atoms with Gasteiger partial charge in [-0.15, -0.1) is 0 Å². The van der Waals surface area contributed by atoms with E-state index in [-0.39, 0.29) is 5.91 Å². The van der Waals surface area contributed by atoms with Gasteiger partial charge in [-0.3, -0.25) is 4.79 Å². The number of anilines is 2. The Morgan fingerprint density at radius 3 is 2.54 bits per heavy atom. The Bertz CT molecular complexity index is 755. The average molecular weight is 345 g/mol. The van der Waals surface area contributed by atoms with E-state index in [4.69, 9.17) is 16.3 Å². The molecule has 1 saturated heterocycles. The number of aryl methyl sites for hydroxylation is 2. The molecule has 0 bridgehead atoms. The lowest BCUT2D eigenvalue weighted by Gasteiger charge is -2.29. The lowest BCUT2D eigenvalue weighted by molar-refractivity contribution is 0.102. The van der Waals surface area contributed by atoms with Gasteiger partial charge in [0.1, 0.15) is 0 Å². The lowest BCUT2D eigenvalue weighted by atomic mass is 10.1. The molecule has 2 aromatic rings. The molecule has 0 spiro atoms. The maximum absolute atomic E-state index is 12.5. The van der Waals surface area contributed by atoms with Crippen LogP contribution < -0.4 is 10.2 Å². The predicted octanol–water partition coefficient (Wildman–Crippen LogP) is 4.05. The van der Waals surface area contributed by atoms with E-state index in [0.29, 0.717) is 29.5 Å². The zero-order valence-electron chi connectivity index (χ0n) is 13.9. The summed E-state index contributed by atoms with van der Waals surface area (Å²) in [7, 11) is 0. The third-order valence-corrected chi connectivity index (χ3v) is 4.49. The van der Waals surface area contributed by atoms with Gasteiger partial charge in [0.15, 0.2) is 0 Å². The van der Waals surface area contributed by atoms with Gasteiger partial charge in [0.25, 0.3) is 5.91 Å². The van der Waals surface area contributed by atoms with E-state index in [2.05, 4.69) is 10.2 Å². The molecule has 24 heavy (non-hydrogen) atoms.